The van der Waals surface area contributed by atoms with Gasteiger partial charge in [0.1, 0.15) is 0 Å². The average molecular weight is 206 g/mol. The van der Waals surface area contributed by atoms with Gasteiger partial charge >= 0.3 is 5.97 Å². The van der Waals surface area contributed by atoms with Crippen LogP contribution in [0.15, 0.2) is 18.2 Å². The molecule has 0 radical (unpaired) electrons. The van der Waals surface area contributed by atoms with Gasteiger partial charge in [0, 0.05) is 5.56 Å². The number of hydrogen-bond donors (Lipinski definition) is 1. The van der Waals surface area contributed by atoms with Crippen molar-refractivity contribution in [2.45, 2.75) is 13.0 Å². The minimum absolute atomic E-state index is 0.215. The van der Waals surface area contributed by atoms with Gasteiger partial charge in [-0.15, -0.1) is 0 Å². The van der Waals surface area contributed by atoms with Crippen LogP contribution in [0, 0.1) is 0 Å². The molecule has 0 fully saturated rings. The molecule has 0 spiro atoms. The summed E-state index contributed by atoms with van der Waals surface area (Å²) in [6, 6.07) is 4.96. The van der Waals surface area contributed by atoms with E-state index in [9.17, 15) is 9.59 Å². The maximum atomic E-state index is 11.2. The lowest BCUT2D eigenvalue weighted by molar-refractivity contribution is -0.131. The fourth-order valence-corrected chi connectivity index (χ4v) is 1.63. The van der Waals surface area contributed by atoms with Gasteiger partial charge in [0.2, 0.25) is 0 Å². The molecule has 0 atom stereocenters. The Morgan fingerprint density at radius 2 is 2.07 bits per heavy atom. The van der Waals surface area contributed by atoms with Gasteiger partial charge in [-0.1, -0.05) is 12.1 Å². The average Bonchev–Trinajstić information content (AvgIpc) is 2.27. The number of Topliss-reactive ketones (excluding diaryl/α,β-unsaturated/α-hetero) is 1. The number of carboxylic acid groups (broad SMARTS) is 1. The molecule has 1 aromatic carbocycles. The first-order chi connectivity index (χ1) is 7.18. The quantitative estimate of drug-likeness (QED) is 0.579. The van der Waals surface area contributed by atoms with Crippen LogP contribution in [0.2, 0.25) is 0 Å². The number of ether oxygens (including phenoxy) is 1. The van der Waals surface area contributed by atoms with E-state index in [0.717, 1.165) is 17.5 Å². The zero-order chi connectivity index (χ0) is 10.8. The number of benzene rings is 1. The molecule has 1 aromatic rings. The van der Waals surface area contributed by atoms with Crippen LogP contribution in [-0.2, 0) is 22.6 Å². The van der Waals surface area contributed by atoms with Crippen LogP contribution in [-0.4, -0.2) is 23.5 Å². The lowest BCUT2D eigenvalue weighted by atomic mass is 9.99. The number of rotatable bonds is 2. The largest absolute Gasteiger partial charge is 0.475 e. The van der Waals surface area contributed by atoms with Crippen molar-refractivity contribution in [3.8, 4) is 0 Å². The molecule has 78 valence electrons. The normalized spacial score (nSPS) is 14.4. The summed E-state index contributed by atoms with van der Waals surface area (Å²) in [5, 5.41) is 8.56. The minimum Gasteiger partial charge on any atom is -0.475 e. The first-order valence-corrected chi connectivity index (χ1v) is 4.65. The molecule has 4 nitrogen and oxygen atoms in total. The first-order valence-electron chi connectivity index (χ1n) is 4.65. The number of carbonyl (C=O) groups excluding carboxylic acids is 1. The Labute approximate surface area is 86.5 Å². The Bertz CT molecular complexity index is 423. The summed E-state index contributed by atoms with van der Waals surface area (Å²) in [5.41, 5.74) is 2.25. The highest BCUT2D eigenvalue weighted by atomic mass is 16.5. The zero-order valence-corrected chi connectivity index (χ0v) is 8.03. The van der Waals surface area contributed by atoms with Gasteiger partial charge in [-0.3, -0.25) is 4.79 Å². The van der Waals surface area contributed by atoms with E-state index in [1.54, 1.807) is 18.2 Å². The summed E-state index contributed by atoms with van der Waals surface area (Å²) >= 11 is 0. The SMILES string of the molecule is O=C(O)C(=O)c1ccc2c(c1)COCC2. The lowest BCUT2D eigenvalue weighted by Gasteiger charge is -2.16. The third-order valence-corrected chi connectivity index (χ3v) is 2.44. The molecule has 0 bridgehead atoms. The van der Waals surface area contributed by atoms with Crippen molar-refractivity contribution >= 4 is 11.8 Å². The van der Waals surface area contributed by atoms with Crippen molar-refractivity contribution in [1.29, 1.82) is 0 Å². The maximum absolute atomic E-state index is 11.2. The van der Waals surface area contributed by atoms with Crippen LogP contribution in [0.5, 0.6) is 0 Å². The predicted molar refractivity (Wildman–Crippen MR) is 51.8 cm³/mol. The predicted octanol–water partition coefficient (Wildman–Crippen LogP) is 1.03. The fourth-order valence-electron chi connectivity index (χ4n) is 1.63. The van der Waals surface area contributed by atoms with E-state index in [2.05, 4.69) is 0 Å². The molecular weight excluding hydrogens is 196 g/mol. The molecule has 0 amide bonds. The number of carboxylic acids is 1. The maximum Gasteiger partial charge on any atom is 0.377 e. The van der Waals surface area contributed by atoms with Crippen molar-refractivity contribution in [1.82, 2.24) is 0 Å². The Morgan fingerprint density at radius 1 is 1.27 bits per heavy atom. The molecule has 15 heavy (non-hydrogen) atoms. The number of ketones is 1. The summed E-state index contributed by atoms with van der Waals surface area (Å²) < 4.78 is 5.23. The number of carbonyl (C=O) groups is 2. The molecule has 0 saturated carbocycles. The van der Waals surface area contributed by atoms with Gasteiger partial charge in [0.15, 0.2) is 0 Å². The molecule has 0 aliphatic carbocycles. The van der Waals surface area contributed by atoms with E-state index in [-0.39, 0.29) is 5.56 Å². The third kappa shape index (κ3) is 1.89. The highest BCUT2D eigenvalue weighted by molar-refractivity contribution is 6.39. The van der Waals surface area contributed by atoms with Crippen molar-refractivity contribution in [3.05, 3.63) is 34.9 Å². The number of fused-ring (bicyclic) bond motifs is 1. The van der Waals surface area contributed by atoms with Crippen molar-refractivity contribution < 1.29 is 19.4 Å². The molecule has 2 rings (SSSR count). The summed E-state index contributed by atoms with van der Waals surface area (Å²) in [4.78, 5) is 21.7. The van der Waals surface area contributed by atoms with Crippen LogP contribution >= 0.6 is 0 Å². The molecule has 0 saturated heterocycles. The number of aliphatic carboxylic acids is 1. The fraction of sp³-hybridized carbons (Fsp3) is 0.273. The van der Waals surface area contributed by atoms with Gasteiger partial charge in [-0.05, 0) is 23.6 Å². The van der Waals surface area contributed by atoms with Gasteiger partial charge in [-0.25, -0.2) is 4.79 Å². The van der Waals surface area contributed by atoms with Crippen molar-refractivity contribution in [2.24, 2.45) is 0 Å². The number of hydrogen-bond acceptors (Lipinski definition) is 3. The van der Waals surface area contributed by atoms with Crippen LogP contribution in [0.4, 0.5) is 0 Å². The van der Waals surface area contributed by atoms with Crippen molar-refractivity contribution in [3.63, 3.8) is 0 Å². The second-order valence-corrected chi connectivity index (χ2v) is 3.42. The van der Waals surface area contributed by atoms with Gasteiger partial charge in [0.05, 0.1) is 13.2 Å². The van der Waals surface area contributed by atoms with Crippen LogP contribution in [0.1, 0.15) is 21.5 Å². The van der Waals surface area contributed by atoms with E-state index in [4.69, 9.17) is 9.84 Å². The second-order valence-electron chi connectivity index (χ2n) is 3.42. The summed E-state index contributed by atoms with van der Waals surface area (Å²) in [6.07, 6.45) is 0.816. The molecule has 1 aliphatic heterocycles. The summed E-state index contributed by atoms with van der Waals surface area (Å²) in [7, 11) is 0. The summed E-state index contributed by atoms with van der Waals surface area (Å²) in [6.45, 7) is 1.13. The standard InChI is InChI=1S/C11H10O4/c12-10(11(13)14)8-2-1-7-3-4-15-6-9(7)5-8/h1-2,5H,3-4,6H2,(H,13,14). The van der Waals surface area contributed by atoms with Crippen LogP contribution in [0.25, 0.3) is 0 Å². The molecule has 0 aromatic heterocycles. The monoisotopic (exact) mass is 206 g/mol. The van der Waals surface area contributed by atoms with Gasteiger partial charge < -0.3 is 9.84 Å². The minimum atomic E-state index is -1.42. The summed E-state index contributed by atoms with van der Waals surface area (Å²) in [5.74, 6) is -2.30. The first kappa shape index (κ1) is 9.86. The topological polar surface area (TPSA) is 63.6 Å². The highest BCUT2D eigenvalue weighted by Crippen LogP contribution is 2.18. The van der Waals surface area contributed by atoms with E-state index in [1.807, 2.05) is 0 Å². The van der Waals surface area contributed by atoms with Crippen molar-refractivity contribution in [2.75, 3.05) is 6.61 Å². The van der Waals surface area contributed by atoms with Gasteiger partial charge in [-0.2, -0.15) is 0 Å². The highest BCUT2D eigenvalue weighted by Gasteiger charge is 2.17. The molecule has 0 unspecified atom stereocenters. The van der Waals surface area contributed by atoms with E-state index >= 15 is 0 Å². The molecule has 1 N–H and O–H groups in total. The smallest absolute Gasteiger partial charge is 0.377 e. The third-order valence-electron chi connectivity index (χ3n) is 2.44. The molecule has 1 aliphatic rings. The second kappa shape index (κ2) is 3.82. The molecule has 4 heteroatoms. The molecular formula is C11H10O4. The lowest BCUT2D eigenvalue weighted by Crippen LogP contribution is -2.15. The van der Waals surface area contributed by atoms with Crippen LogP contribution in [0.3, 0.4) is 0 Å². The zero-order valence-electron chi connectivity index (χ0n) is 8.03. The van der Waals surface area contributed by atoms with E-state index in [0.29, 0.717) is 13.2 Å². The Balaban J connectivity index is 2.36. The molecule has 1 heterocycles. The van der Waals surface area contributed by atoms with E-state index < -0.39 is 11.8 Å². The Kier molecular flexibility index (Phi) is 2.51. The van der Waals surface area contributed by atoms with Crippen LogP contribution < -0.4 is 0 Å². The van der Waals surface area contributed by atoms with Gasteiger partial charge in [0.25, 0.3) is 5.78 Å². The van der Waals surface area contributed by atoms with E-state index in [1.165, 1.54) is 0 Å². The Hall–Kier alpha value is -1.68. The Morgan fingerprint density at radius 3 is 2.80 bits per heavy atom.